The molecule has 2 aromatic rings. The van der Waals surface area contributed by atoms with Crippen LogP contribution in [-0.4, -0.2) is 22.6 Å². The number of nitrogens with zero attached hydrogens (tertiary/aromatic N) is 2. The first-order valence-corrected chi connectivity index (χ1v) is 5.25. The summed E-state index contributed by atoms with van der Waals surface area (Å²) in [5, 5.41) is 1.58. The van der Waals surface area contributed by atoms with Crippen molar-refractivity contribution in [1.82, 2.24) is 9.55 Å². The van der Waals surface area contributed by atoms with E-state index >= 15 is 0 Å². The van der Waals surface area contributed by atoms with Crippen LogP contribution in [-0.2, 0) is 16.1 Å². The highest BCUT2D eigenvalue weighted by Gasteiger charge is 2.05. The van der Waals surface area contributed by atoms with E-state index in [-0.39, 0.29) is 5.97 Å². The van der Waals surface area contributed by atoms with Gasteiger partial charge in [-0.1, -0.05) is 11.6 Å². The van der Waals surface area contributed by atoms with Gasteiger partial charge in [0.15, 0.2) is 0 Å². The van der Waals surface area contributed by atoms with E-state index in [4.69, 9.17) is 11.6 Å². The lowest BCUT2D eigenvalue weighted by molar-refractivity contribution is -0.140. The van der Waals surface area contributed by atoms with Gasteiger partial charge in [-0.05, 0) is 12.1 Å². The SMILES string of the molecule is COC(=O)CCn1ccc2cc(Cl)cnc21. The van der Waals surface area contributed by atoms with E-state index in [0.717, 1.165) is 11.0 Å². The molecule has 4 nitrogen and oxygen atoms in total. The molecule has 0 bridgehead atoms. The van der Waals surface area contributed by atoms with E-state index < -0.39 is 0 Å². The van der Waals surface area contributed by atoms with Gasteiger partial charge in [-0.15, -0.1) is 0 Å². The van der Waals surface area contributed by atoms with E-state index in [0.29, 0.717) is 18.0 Å². The summed E-state index contributed by atoms with van der Waals surface area (Å²) in [4.78, 5) is 15.2. The maximum atomic E-state index is 11.0. The van der Waals surface area contributed by atoms with Gasteiger partial charge in [-0.3, -0.25) is 4.79 Å². The number of rotatable bonds is 3. The number of hydrogen-bond donors (Lipinski definition) is 0. The largest absolute Gasteiger partial charge is 0.469 e. The minimum atomic E-state index is -0.226. The van der Waals surface area contributed by atoms with Crippen molar-refractivity contribution < 1.29 is 9.53 Å². The Kier molecular flexibility index (Phi) is 3.10. The first kappa shape index (κ1) is 11.0. The van der Waals surface area contributed by atoms with Crippen LogP contribution in [0.15, 0.2) is 24.5 Å². The summed E-state index contributed by atoms with van der Waals surface area (Å²) in [6.45, 7) is 0.560. The molecule has 16 heavy (non-hydrogen) atoms. The molecule has 5 heteroatoms. The molecule has 0 unspecified atom stereocenters. The molecular weight excluding hydrogens is 228 g/mol. The molecule has 0 saturated carbocycles. The van der Waals surface area contributed by atoms with E-state index in [1.807, 2.05) is 22.9 Å². The van der Waals surface area contributed by atoms with Crippen LogP contribution in [0.5, 0.6) is 0 Å². The Morgan fingerprint density at radius 2 is 2.44 bits per heavy atom. The first-order chi connectivity index (χ1) is 7.70. The normalized spacial score (nSPS) is 10.6. The van der Waals surface area contributed by atoms with Gasteiger partial charge in [-0.25, -0.2) is 4.98 Å². The molecule has 0 atom stereocenters. The zero-order chi connectivity index (χ0) is 11.5. The number of halogens is 1. The number of methoxy groups -OCH3 is 1. The van der Waals surface area contributed by atoms with Crippen molar-refractivity contribution in [1.29, 1.82) is 0 Å². The van der Waals surface area contributed by atoms with E-state index in [9.17, 15) is 4.79 Å². The lowest BCUT2D eigenvalue weighted by Gasteiger charge is -2.03. The number of fused-ring (bicyclic) bond motifs is 1. The average Bonchev–Trinajstić information content (AvgIpc) is 2.68. The maximum Gasteiger partial charge on any atom is 0.307 e. The van der Waals surface area contributed by atoms with E-state index in [1.165, 1.54) is 7.11 Å². The highest BCUT2D eigenvalue weighted by Crippen LogP contribution is 2.17. The van der Waals surface area contributed by atoms with Crippen molar-refractivity contribution in [2.45, 2.75) is 13.0 Å². The number of pyridine rings is 1. The van der Waals surface area contributed by atoms with E-state index in [2.05, 4.69) is 9.72 Å². The topological polar surface area (TPSA) is 44.1 Å². The van der Waals surface area contributed by atoms with Crippen LogP contribution in [0.1, 0.15) is 6.42 Å². The molecule has 0 aliphatic carbocycles. The molecule has 0 amide bonds. The molecule has 0 fully saturated rings. The van der Waals surface area contributed by atoms with Gasteiger partial charge in [0.2, 0.25) is 0 Å². The van der Waals surface area contributed by atoms with Gasteiger partial charge in [0.25, 0.3) is 0 Å². The molecule has 0 saturated heterocycles. The van der Waals surface area contributed by atoms with Crippen LogP contribution in [0.4, 0.5) is 0 Å². The first-order valence-electron chi connectivity index (χ1n) is 4.88. The Bertz CT molecular complexity index is 522. The van der Waals surface area contributed by atoms with Crippen molar-refractivity contribution in [2.75, 3.05) is 7.11 Å². The molecule has 0 spiro atoms. The Morgan fingerprint density at radius 3 is 3.19 bits per heavy atom. The lowest BCUT2D eigenvalue weighted by Crippen LogP contribution is -2.06. The fraction of sp³-hybridized carbons (Fsp3) is 0.273. The summed E-state index contributed by atoms with van der Waals surface area (Å²) in [6.07, 6.45) is 3.82. The number of esters is 1. The van der Waals surface area contributed by atoms with E-state index in [1.54, 1.807) is 6.20 Å². The predicted molar refractivity (Wildman–Crippen MR) is 61.4 cm³/mol. The molecule has 0 N–H and O–H groups in total. The third kappa shape index (κ3) is 2.17. The summed E-state index contributed by atoms with van der Waals surface area (Å²) in [7, 11) is 1.38. The molecule has 0 aliphatic rings. The average molecular weight is 239 g/mol. The number of aryl methyl sites for hydroxylation is 1. The van der Waals surface area contributed by atoms with Gasteiger partial charge < -0.3 is 9.30 Å². The Hall–Kier alpha value is -1.55. The van der Waals surface area contributed by atoms with Crippen molar-refractivity contribution in [3.8, 4) is 0 Å². The predicted octanol–water partition coefficient (Wildman–Crippen LogP) is 2.25. The highest BCUT2D eigenvalue weighted by molar-refractivity contribution is 6.31. The summed E-state index contributed by atoms with van der Waals surface area (Å²) in [5.74, 6) is -0.226. The van der Waals surface area contributed by atoms with Gasteiger partial charge in [0, 0.05) is 24.3 Å². The lowest BCUT2D eigenvalue weighted by atomic mass is 10.3. The van der Waals surface area contributed by atoms with Gasteiger partial charge in [-0.2, -0.15) is 0 Å². The second-order valence-corrected chi connectivity index (χ2v) is 3.84. The second-order valence-electron chi connectivity index (χ2n) is 3.40. The minimum absolute atomic E-state index is 0.226. The third-order valence-corrected chi connectivity index (χ3v) is 2.56. The summed E-state index contributed by atoms with van der Waals surface area (Å²) >= 11 is 5.83. The molecule has 0 aromatic carbocycles. The standard InChI is InChI=1S/C11H11ClN2O2/c1-16-10(15)3-5-14-4-2-8-6-9(12)7-13-11(8)14/h2,4,6-7H,3,5H2,1H3. The number of hydrogen-bond acceptors (Lipinski definition) is 3. The summed E-state index contributed by atoms with van der Waals surface area (Å²) in [5.41, 5.74) is 0.827. The second kappa shape index (κ2) is 4.53. The molecule has 2 rings (SSSR count). The Labute approximate surface area is 97.8 Å². The number of aromatic nitrogens is 2. The monoisotopic (exact) mass is 238 g/mol. The third-order valence-electron chi connectivity index (χ3n) is 2.35. The fourth-order valence-corrected chi connectivity index (χ4v) is 1.71. The molecular formula is C11H11ClN2O2. The maximum absolute atomic E-state index is 11.0. The number of carbonyl (C=O) groups is 1. The number of carbonyl (C=O) groups excluding carboxylic acids is 1. The van der Waals surface area contributed by atoms with Crippen LogP contribution >= 0.6 is 11.6 Å². The molecule has 2 heterocycles. The Morgan fingerprint density at radius 1 is 1.62 bits per heavy atom. The van der Waals surface area contributed by atoms with Crippen LogP contribution in [0.2, 0.25) is 5.02 Å². The van der Waals surface area contributed by atoms with Crippen molar-refractivity contribution in [2.24, 2.45) is 0 Å². The molecule has 2 aromatic heterocycles. The summed E-state index contributed by atoms with van der Waals surface area (Å²) < 4.78 is 6.49. The Balaban J connectivity index is 2.22. The van der Waals surface area contributed by atoms with Crippen molar-refractivity contribution in [3.63, 3.8) is 0 Å². The van der Waals surface area contributed by atoms with Crippen molar-refractivity contribution >= 4 is 28.6 Å². The van der Waals surface area contributed by atoms with Gasteiger partial charge in [0.05, 0.1) is 18.6 Å². The summed E-state index contributed by atoms with van der Waals surface area (Å²) in [6, 6.07) is 3.77. The molecule has 0 radical (unpaired) electrons. The molecule has 84 valence electrons. The van der Waals surface area contributed by atoms with Crippen LogP contribution in [0.3, 0.4) is 0 Å². The highest BCUT2D eigenvalue weighted by atomic mass is 35.5. The van der Waals surface area contributed by atoms with Gasteiger partial charge in [0.1, 0.15) is 5.65 Å². The van der Waals surface area contributed by atoms with Crippen LogP contribution in [0.25, 0.3) is 11.0 Å². The van der Waals surface area contributed by atoms with Crippen LogP contribution in [0, 0.1) is 0 Å². The fourth-order valence-electron chi connectivity index (χ4n) is 1.55. The minimum Gasteiger partial charge on any atom is -0.469 e. The zero-order valence-electron chi connectivity index (χ0n) is 8.81. The van der Waals surface area contributed by atoms with Crippen LogP contribution < -0.4 is 0 Å². The van der Waals surface area contributed by atoms with Crippen molar-refractivity contribution in [3.05, 3.63) is 29.5 Å². The molecule has 0 aliphatic heterocycles. The number of ether oxygens (including phenoxy) is 1. The zero-order valence-corrected chi connectivity index (χ0v) is 9.57. The smallest absolute Gasteiger partial charge is 0.307 e. The quantitative estimate of drug-likeness (QED) is 0.771. The van der Waals surface area contributed by atoms with Gasteiger partial charge >= 0.3 is 5.97 Å².